The average Bonchev–Trinajstić information content (AvgIpc) is 2.95. The third-order valence-electron chi connectivity index (χ3n) is 4.24. The first kappa shape index (κ1) is 21.9. The van der Waals surface area contributed by atoms with E-state index >= 15 is 0 Å². The van der Waals surface area contributed by atoms with Gasteiger partial charge in [0.15, 0.2) is 12.1 Å². The van der Waals surface area contributed by atoms with Gasteiger partial charge in [0.2, 0.25) is 0 Å². The Balaban J connectivity index is 2.03. The highest BCUT2D eigenvalue weighted by Gasteiger charge is 2.55. The Morgan fingerprint density at radius 2 is 1.85 bits per heavy atom. The van der Waals surface area contributed by atoms with E-state index in [4.69, 9.17) is 28.4 Å². The molecular weight excluding hydrogens is 358 g/mol. The zero-order valence-electron chi connectivity index (χ0n) is 17.1. The molecule has 0 aromatic carbocycles. The van der Waals surface area contributed by atoms with Gasteiger partial charge in [-0.2, -0.15) is 0 Å². The number of alkyl carbamates (subject to hydrolysis) is 1. The van der Waals surface area contributed by atoms with Crippen molar-refractivity contribution < 1.29 is 38.0 Å². The van der Waals surface area contributed by atoms with Gasteiger partial charge in [-0.15, -0.1) is 0 Å². The van der Waals surface area contributed by atoms with E-state index in [1.54, 1.807) is 41.7 Å². The number of nitrogens with one attached hydrogen (secondary N) is 1. The first-order valence-corrected chi connectivity index (χ1v) is 9.04. The Morgan fingerprint density at radius 1 is 1.19 bits per heavy atom. The highest BCUT2D eigenvalue weighted by molar-refractivity contribution is 5.72. The van der Waals surface area contributed by atoms with Crippen LogP contribution in [-0.4, -0.2) is 68.3 Å². The number of esters is 1. The van der Waals surface area contributed by atoms with Crippen LogP contribution in [0.25, 0.3) is 0 Å². The van der Waals surface area contributed by atoms with E-state index in [9.17, 15) is 9.59 Å². The van der Waals surface area contributed by atoms with Crippen LogP contribution in [0, 0.1) is 0 Å². The van der Waals surface area contributed by atoms with E-state index in [1.165, 1.54) is 7.11 Å². The predicted molar refractivity (Wildman–Crippen MR) is 93.9 cm³/mol. The predicted octanol–water partition coefficient (Wildman–Crippen LogP) is 1.72. The van der Waals surface area contributed by atoms with Gasteiger partial charge in [0, 0.05) is 13.2 Å². The number of fused-ring (bicyclic) bond motifs is 1. The minimum absolute atomic E-state index is 0.0193. The van der Waals surface area contributed by atoms with Crippen LogP contribution >= 0.6 is 0 Å². The van der Waals surface area contributed by atoms with Gasteiger partial charge >= 0.3 is 12.1 Å². The van der Waals surface area contributed by atoms with Gasteiger partial charge in [-0.25, -0.2) is 4.79 Å². The molecule has 0 radical (unpaired) electrons. The number of hydrogen-bond acceptors (Lipinski definition) is 8. The lowest BCUT2D eigenvalue weighted by Gasteiger charge is -2.28. The number of rotatable bonds is 6. The zero-order chi connectivity index (χ0) is 20.4. The molecule has 0 unspecified atom stereocenters. The van der Waals surface area contributed by atoms with E-state index in [0.29, 0.717) is 6.42 Å². The third-order valence-corrected chi connectivity index (χ3v) is 4.24. The topological polar surface area (TPSA) is 102 Å². The second kappa shape index (κ2) is 8.30. The summed E-state index contributed by atoms with van der Waals surface area (Å²) in [6.07, 6.45) is -2.08. The molecule has 2 aliphatic rings. The van der Waals surface area contributed by atoms with Crippen molar-refractivity contribution in [1.29, 1.82) is 0 Å². The average molecular weight is 389 g/mol. The van der Waals surface area contributed by atoms with E-state index in [-0.39, 0.29) is 12.5 Å². The largest absolute Gasteiger partial charge is 0.469 e. The molecule has 0 aromatic heterocycles. The van der Waals surface area contributed by atoms with Crippen molar-refractivity contribution in [2.75, 3.05) is 14.2 Å². The molecule has 0 spiro atoms. The summed E-state index contributed by atoms with van der Waals surface area (Å²) in [6.45, 7) is 8.91. The molecule has 27 heavy (non-hydrogen) atoms. The molecule has 9 nitrogen and oxygen atoms in total. The lowest BCUT2D eigenvalue weighted by Crippen LogP contribution is -2.44. The van der Waals surface area contributed by atoms with E-state index in [2.05, 4.69) is 5.32 Å². The SMILES string of the molecule is COC(=O)C[C@@H](C[C@H]1O[C@@H]2OC(C)(C)O[C@@H]2[C@H]1OC)NC(=O)OC(C)(C)C. The maximum Gasteiger partial charge on any atom is 0.407 e. The van der Waals surface area contributed by atoms with Crippen molar-refractivity contribution in [2.24, 2.45) is 0 Å². The number of hydrogen-bond donors (Lipinski definition) is 1. The van der Waals surface area contributed by atoms with Crippen molar-refractivity contribution in [1.82, 2.24) is 5.32 Å². The maximum absolute atomic E-state index is 12.1. The van der Waals surface area contributed by atoms with E-state index in [1.807, 2.05) is 0 Å². The maximum atomic E-state index is 12.1. The van der Waals surface area contributed by atoms with E-state index < -0.39 is 48.0 Å². The summed E-state index contributed by atoms with van der Waals surface area (Å²) in [5, 5.41) is 2.71. The first-order chi connectivity index (χ1) is 12.4. The second-order valence-corrected chi connectivity index (χ2v) is 8.20. The Kier molecular flexibility index (Phi) is 6.72. The van der Waals surface area contributed by atoms with Gasteiger partial charge in [-0.05, 0) is 41.0 Å². The van der Waals surface area contributed by atoms with Crippen molar-refractivity contribution in [3.63, 3.8) is 0 Å². The van der Waals surface area contributed by atoms with Crippen LogP contribution in [-0.2, 0) is 33.2 Å². The van der Waals surface area contributed by atoms with Crippen LogP contribution in [0.1, 0.15) is 47.5 Å². The third kappa shape index (κ3) is 6.03. The van der Waals surface area contributed by atoms with Crippen LogP contribution in [0.4, 0.5) is 4.79 Å². The van der Waals surface area contributed by atoms with Gasteiger partial charge < -0.3 is 33.7 Å². The smallest absolute Gasteiger partial charge is 0.407 e. The van der Waals surface area contributed by atoms with Crippen LogP contribution in [0.2, 0.25) is 0 Å². The van der Waals surface area contributed by atoms with Crippen molar-refractivity contribution in [3.8, 4) is 0 Å². The Labute approximate surface area is 159 Å². The fourth-order valence-electron chi connectivity index (χ4n) is 3.25. The molecule has 9 heteroatoms. The summed E-state index contributed by atoms with van der Waals surface area (Å²) >= 11 is 0. The monoisotopic (exact) mass is 389 g/mol. The second-order valence-electron chi connectivity index (χ2n) is 8.20. The molecule has 2 fully saturated rings. The molecule has 0 bridgehead atoms. The molecule has 1 amide bonds. The molecule has 2 rings (SSSR count). The Morgan fingerprint density at radius 3 is 2.41 bits per heavy atom. The summed E-state index contributed by atoms with van der Waals surface area (Å²) in [6, 6.07) is -0.554. The van der Waals surface area contributed by atoms with Crippen LogP contribution < -0.4 is 5.32 Å². The fourth-order valence-corrected chi connectivity index (χ4v) is 3.25. The standard InChI is InChI=1S/C18H31NO8/c1-17(2,3)27-16(21)19-10(9-12(20)22-6)8-11-13(23-7)14-15(24-11)26-18(4,5)25-14/h10-11,13-15H,8-9H2,1-7H3,(H,19,21)/t10-,11-,13+,14-,15-/m1/s1. The van der Waals surface area contributed by atoms with Gasteiger partial charge in [0.05, 0.1) is 19.6 Å². The fraction of sp³-hybridized carbons (Fsp3) is 0.889. The summed E-state index contributed by atoms with van der Waals surface area (Å²) in [5.41, 5.74) is -0.650. The number of amides is 1. The van der Waals surface area contributed by atoms with Crippen molar-refractivity contribution >= 4 is 12.1 Å². The van der Waals surface area contributed by atoms with Crippen molar-refractivity contribution in [2.45, 2.75) is 89.5 Å². The Bertz CT molecular complexity index is 544. The summed E-state index contributed by atoms with van der Waals surface area (Å²) in [7, 11) is 2.86. The highest BCUT2D eigenvalue weighted by Crippen LogP contribution is 2.39. The van der Waals surface area contributed by atoms with Gasteiger partial charge in [-0.3, -0.25) is 4.79 Å². The van der Waals surface area contributed by atoms with Gasteiger partial charge in [0.25, 0.3) is 0 Å². The number of methoxy groups -OCH3 is 2. The molecule has 2 heterocycles. The van der Waals surface area contributed by atoms with E-state index in [0.717, 1.165) is 0 Å². The number of carbonyl (C=O) groups is 2. The molecule has 5 atom stereocenters. The summed E-state index contributed by atoms with van der Waals surface area (Å²) in [4.78, 5) is 23.9. The number of ether oxygens (including phenoxy) is 6. The summed E-state index contributed by atoms with van der Waals surface area (Å²) < 4.78 is 33.1. The minimum atomic E-state index is -0.753. The molecule has 0 saturated carbocycles. The molecule has 0 aliphatic carbocycles. The Hall–Kier alpha value is -1.42. The zero-order valence-corrected chi connectivity index (χ0v) is 17.1. The van der Waals surface area contributed by atoms with Crippen LogP contribution in [0.3, 0.4) is 0 Å². The first-order valence-electron chi connectivity index (χ1n) is 9.04. The highest BCUT2D eigenvalue weighted by atomic mass is 16.8. The molecule has 2 saturated heterocycles. The normalized spacial score (nSPS) is 30.5. The van der Waals surface area contributed by atoms with Crippen molar-refractivity contribution in [3.05, 3.63) is 0 Å². The molecular formula is C18H31NO8. The van der Waals surface area contributed by atoms with Crippen LogP contribution in [0.15, 0.2) is 0 Å². The lowest BCUT2D eigenvalue weighted by atomic mass is 10.0. The van der Waals surface area contributed by atoms with Crippen LogP contribution in [0.5, 0.6) is 0 Å². The summed E-state index contributed by atoms with van der Waals surface area (Å²) in [5.74, 6) is -1.20. The molecule has 1 N–H and O–H groups in total. The van der Waals surface area contributed by atoms with Gasteiger partial charge in [-0.1, -0.05) is 0 Å². The molecule has 0 aromatic rings. The van der Waals surface area contributed by atoms with Gasteiger partial charge in [0.1, 0.15) is 17.8 Å². The molecule has 2 aliphatic heterocycles. The minimum Gasteiger partial charge on any atom is -0.469 e. The quantitative estimate of drug-likeness (QED) is 0.685. The number of carbonyl (C=O) groups excluding carboxylic acids is 2. The lowest BCUT2D eigenvalue weighted by molar-refractivity contribution is -0.217. The molecule has 156 valence electrons.